The molecule has 1 rings (SSSR count). The molecular weight excluding hydrogens is 204 g/mol. The zero-order valence-electron chi connectivity index (χ0n) is 10.3. The number of hydrogen-bond donors (Lipinski definition) is 3. The van der Waals surface area contributed by atoms with Gasteiger partial charge in [-0.2, -0.15) is 0 Å². The zero-order valence-corrected chi connectivity index (χ0v) is 10.3. The molecule has 0 spiro atoms. The minimum Gasteiger partial charge on any atom is -0.394 e. The van der Waals surface area contributed by atoms with Crippen LogP contribution in [0.25, 0.3) is 0 Å². The van der Waals surface area contributed by atoms with Gasteiger partial charge in [-0.3, -0.25) is 0 Å². The average Bonchev–Trinajstić information content (AvgIpc) is 2.20. The van der Waals surface area contributed by atoms with Gasteiger partial charge >= 0.3 is 0 Å². The van der Waals surface area contributed by atoms with E-state index in [0.29, 0.717) is 23.4 Å². The van der Waals surface area contributed by atoms with Crippen LogP contribution in [0.5, 0.6) is 0 Å². The molecule has 0 amide bonds. The third-order valence-electron chi connectivity index (χ3n) is 2.62. The van der Waals surface area contributed by atoms with E-state index in [-0.39, 0.29) is 12.6 Å². The maximum atomic E-state index is 9.25. The first-order chi connectivity index (χ1) is 7.45. The van der Waals surface area contributed by atoms with Crippen molar-refractivity contribution in [3.8, 4) is 0 Å². The van der Waals surface area contributed by atoms with Gasteiger partial charge in [-0.15, -0.1) is 0 Å². The lowest BCUT2D eigenvalue weighted by molar-refractivity contribution is 0.249. The van der Waals surface area contributed by atoms with Crippen LogP contribution in [0.4, 0.5) is 11.6 Å². The highest BCUT2D eigenvalue weighted by Gasteiger charge is 2.15. The molecule has 1 unspecified atom stereocenters. The Labute approximate surface area is 96.1 Å². The van der Waals surface area contributed by atoms with E-state index >= 15 is 0 Å². The van der Waals surface area contributed by atoms with Crippen molar-refractivity contribution in [3.05, 3.63) is 11.4 Å². The number of rotatable bonds is 4. The van der Waals surface area contributed by atoms with Gasteiger partial charge in [-0.1, -0.05) is 13.8 Å². The van der Waals surface area contributed by atoms with E-state index in [2.05, 4.69) is 15.3 Å². The van der Waals surface area contributed by atoms with Crippen molar-refractivity contribution in [2.45, 2.75) is 33.7 Å². The Morgan fingerprint density at radius 1 is 1.31 bits per heavy atom. The third kappa shape index (κ3) is 2.82. The van der Waals surface area contributed by atoms with E-state index in [1.54, 1.807) is 6.92 Å². The molecule has 0 saturated heterocycles. The van der Waals surface area contributed by atoms with E-state index in [0.717, 1.165) is 5.56 Å². The fourth-order valence-electron chi connectivity index (χ4n) is 1.39. The number of hydrogen-bond acceptors (Lipinski definition) is 5. The second kappa shape index (κ2) is 5.12. The quantitative estimate of drug-likeness (QED) is 0.713. The SMILES string of the molecule is Cc1nc(N)c(C)c(NC(CO)C(C)C)n1. The maximum Gasteiger partial charge on any atom is 0.135 e. The maximum absolute atomic E-state index is 9.25. The number of aromatic nitrogens is 2. The van der Waals surface area contributed by atoms with Crippen LogP contribution in [-0.2, 0) is 0 Å². The second-order valence-electron chi connectivity index (χ2n) is 4.31. The third-order valence-corrected chi connectivity index (χ3v) is 2.62. The van der Waals surface area contributed by atoms with E-state index in [9.17, 15) is 5.11 Å². The van der Waals surface area contributed by atoms with Crippen LogP contribution >= 0.6 is 0 Å². The van der Waals surface area contributed by atoms with Gasteiger partial charge in [0.25, 0.3) is 0 Å². The summed E-state index contributed by atoms with van der Waals surface area (Å²) in [6.07, 6.45) is 0. The van der Waals surface area contributed by atoms with Crippen LogP contribution in [0.1, 0.15) is 25.2 Å². The number of aryl methyl sites for hydroxylation is 1. The van der Waals surface area contributed by atoms with E-state index in [1.807, 2.05) is 20.8 Å². The highest BCUT2D eigenvalue weighted by Crippen LogP contribution is 2.19. The molecule has 0 saturated carbocycles. The molecule has 0 bridgehead atoms. The summed E-state index contributed by atoms with van der Waals surface area (Å²) in [5, 5.41) is 12.4. The Bertz CT molecular complexity index is 365. The molecule has 90 valence electrons. The Morgan fingerprint density at radius 2 is 1.94 bits per heavy atom. The molecule has 5 heteroatoms. The molecule has 0 radical (unpaired) electrons. The van der Waals surface area contributed by atoms with Crippen LogP contribution in [-0.4, -0.2) is 27.7 Å². The second-order valence-corrected chi connectivity index (χ2v) is 4.31. The monoisotopic (exact) mass is 224 g/mol. The summed E-state index contributed by atoms with van der Waals surface area (Å²) in [5.74, 6) is 2.14. The number of nitrogens with one attached hydrogen (secondary N) is 1. The van der Waals surface area contributed by atoms with Crippen molar-refractivity contribution in [1.82, 2.24) is 9.97 Å². The molecule has 0 aliphatic rings. The molecule has 5 nitrogen and oxygen atoms in total. The molecule has 0 aliphatic carbocycles. The lowest BCUT2D eigenvalue weighted by Crippen LogP contribution is -2.30. The fraction of sp³-hybridized carbons (Fsp3) is 0.636. The predicted molar refractivity (Wildman–Crippen MR) is 65.3 cm³/mol. The van der Waals surface area contributed by atoms with Crippen molar-refractivity contribution in [2.75, 3.05) is 17.7 Å². The summed E-state index contributed by atoms with van der Waals surface area (Å²) < 4.78 is 0. The number of aliphatic hydroxyl groups excluding tert-OH is 1. The normalized spacial score (nSPS) is 12.9. The molecule has 4 N–H and O–H groups in total. The summed E-state index contributed by atoms with van der Waals surface area (Å²) in [5.41, 5.74) is 6.58. The number of nitrogen functional groups attached to an aromatic ring is 1. The largest absolute Gasteiger partial charge is 0.394 e. The highest BCUT2D eigenvalue weighted by atomic mass is 16.3. The highest BCUT2D eigenvalue weighted by molar-refractivity contribution is 5.55. The van der Waals surface area contributed by atoms with Crippen molar-refractivity contribution in [3.63, 3.8) is 0 Å². The van der Waals surface area contributed by atoms with Crippen molar-refractivity contribution < 1.29 is 5.11 Å². The standard InChI is InChI=1S/C11H20N4O/c1-6(2)9(5-16)15-11-7(3)10(12)13-8(4)14-11/h6,9,16H,5H2,1-4H3,(H3,12,13,14,15). The Morgan fingerprint density at radius 3 is 2.44 bits per heavy atom. The molecule has 1 aromatic rings. The smallest absolute Gasteiger partial charge is 0.135 e. The van der Waals surface area contributed by atoms with Gasteiger partial charge in [0.2, 0.25) is 0 Å². The average molecular weight is 224 g/mol. The summed E-state index contributed by atoms with van der Waals surface area (Å²) in [6, 6.07) is -0.0209. The summed E-state index contributed by atoms with van der Waals surface area (Å²) in [6.45, 7) is 7.82. The Hall–Kier alpha value is -1.36. The van der Waals surface area contributed by atoms with Crippen LogP contribution in [0, 0.1) is 19.8 Å². The Kier molecular flexibility index (Phi) is 4.06. The van der Waals surface area contributed by atoms with Gasteiger partial charge in [-0.25, -0.2) is 9.97 Å². The summed E-state index contributed by atoms with van der Waals surface area (Å²) in [4.78, 5) is 8.37. The molecule has 1 aromatic heterocycles. The van der Waals surface area contributed by atoms with Crippen molar-refractivity contribution in [2.24, 2.45) is 5.92 Å². The minimum atomic E-state index is -0.0209. The van der Waals surface area contributed by atoms with Crippen LogP contribution in [0.2, 0.25) is 0 Å². The van der Waals surface area contributed by atoms with Crippen LogP contribution < -0.4 is 11.1 Å². The molecule has 0 aromatic carbocycles. The first-order valence-electron chi connectivity index (χ1n) is 5.43. The van der Waals surface area contributed by atoms with E-state index in [4.69, 9.17) is 5.73 Å². The van der Waals surface area contributed by atoms with Gasteiger partial charge in [0.1, 0.15) is 17.5 Å². The summed E-state index contributed by atoms with van der Waals surface area (Å²) in [7, 11) is 0. The van der Waals surface area contributed by atoms with Crippen molar-refractivity contribution >= 4 is 11.6 Å². The predicted octanol–water partition coefficient (Wildman–Crippen LogP) is 1.10. The number of anilines is 2. The first-order valence-corrected chi connectivity index (χ1v) is 5.43. The van der Waals surface area contributed by atoms with Gasteiger partial charge in [0.15, 0.2) is 0 Å². The van der Waals surface area contributed by atoms with Gasteiger partial charge < -0.3 is 16.2 Å². The lowest BCUT2D eigenvalue weighted by Gasteiger charge is -2.22. The fourth-order valence-corrected chi connectivity index (χ4v) is 1.39. The molecule has 0 fully saturated rings. The van der Waals surface area contributed by atoms with E-state index < -0.39 is 0 Å². The molecule has 1 heterocycles. The number of nitrogens with zero attached hydrogens (tertiary/aromatic N) is 2. The minimum absolute atomic E-state index is 0.0209. The van der Waals surface area contributed by atoms with Gasteiger partial charge in [0.05, 0.1) is 12.6 Å². The van der Waals surface area contributed by atoms with Gasteiger partial charge in [0, 0.05) is 5.56 Å². The molecule has 16 heavy (non-hydrogen) atoms. The van der Waals surface area contributed by atoms with Crippen LogP contribution in [0.3, 0.4) is 0 Å². The number of aliphatic hydroxyl groups is 1. The molecule has 1 atom stereocenters. The topological polar surface area (TPSA) is 84.1 Å². The first kappa shape index (κ1) is 12.7. The Balaban J connectivity index is 2.96. The molecular formula is C11H20N4O. The van der Waals surface area contributed by atoms with Crippen molar-refractivity contribution in [1.29, 1.82) is 0 Å². The van der Waals surface area contributed by atoms with E-state index in [1.165, 1.54) is 0 Å². The zero-order chi connectivity index (χ0) is 12.3. The van der Waals surface area contributed by atoms with Gasteiger partial charge in [-0.05, 0) is 19.8 Å². The van der Waals surface area contributed by atoms with Crippen LogP contribution in [0.15, 0.2) is 0 Å². The molecule has 0 aliphatic heterocycles. The summed E-state index contributed by atoms with van der Waals surface area (Å²) >= 11 is 0. The lowest BCUT2D eigenvalue weighted by atomic mass is 10.1. The number of nitrogens with two attached hydrogens (primary N) is 1.